The molecule has 0 spiro atoms. The molecule has 188 valence electrons. The molecule has 0 radical (unpaired) electrons. The molecule has 1 aromatic carbocycles. The van der Waals surface area contributed by atoms with Gasteiger partial charge in [0.25, 0.3) is 5.91 Å². The van der Waals surface area contributed by atoms with Gasteiger partial charge in [-0.2, -0.15) is 0 Å². The van der Waals surface area contributed by atoms with E-state index in [1.165, 1.54) is 25.3 Å². The van der Waals surface area contributed by atoms with Crippen LogP contribution in [0.3, 0.4) is 0 Å². The highest BCUT2D eigenvalue weighted by Crippen LogP contribution is 2.32. The molecular weight excluding hydrogens is 458 g/mol. The summed E-state index contributed by atoms with van der Waals surface area (Å²) >= 11 is 0. The number of rotatable bonds is 6. The maximum absolute atomic E-state index is 13.3. The molecule has 2 N–H and O–H groups in total. The first-order chi connectivity index (χ1) is 16.3. The van der Waals surface area contributed by atoms with E-state index in [9.17, 15) is 18.0 Å². The summed E-state index contributed by atoms with van der Waals surface area (Å²) in [4.78, 5) is 27.5. The van der Waals surface area contributed by atoms with E-state index in [1.807, 2.05) is 0 Å². The zero-order valence-electron chi connectivity index (χ0n) is 19.9. The second-order valence-electron chi connectivity index (χ2n) is 9.49. The number of benzene rings is 1. The molecule has 4 rings (SSSR count). The Morgan fingerprint density at radius 3 is 2.65 bits per heavy atom. The summed E-state index contributed by atoms with van der Waals surface area (Å²) in [6, 6.07) is 4.79. The SMILES string of the molecule is CCS(=O)(=O)Nc1ccc2c(c1)C(=O)N(C)[C@H]1CC[C@@H](CC(=O)NC3CCCCC3)O[C@H]1CO2. The van der Waals surface area contributed by atoms with E-state index in [0.29, 0.717) is 36.3 Å². The van der Waals surface area contributed by atoms with Gasteiger partial charge in [-0.15, -0.1) is 0 Å². The molecule has 0 unspecified atom stereocenters. The highest BCUT2D eigenvalue weighted by Gasteiger charge is 2.39. The standard InChI is InChI=1S/C24H35N3O6S/c1-3-34(30,31)26-17-9-12-21-19(13-17)24(29)27(2)20-11-10-18(33-22(20)15-32-21)14-23(28)25-16-7-5-4-6-8-16/h9,12-13,16,18,20,22,26H,3-8,10-11,14-15H2,1-2H3,(H,25,28)/t18-,20-,22-/m0/s1. The number of hydrogen-bond donors (Lipinski definition) is 2. The molecule has 0 aromatic heterocycles. The van der Waals surface area contributed by atoms with Gasteiger partial charge in [-0.3, -0.25) is 14.3 Å². The molecular formula is C24H35N3O6S. The van der Waals surface area contributed by atoms with Crippen LogP contribution in [-0.2, 0) is 19.6 Å². The number of sulfonamides is 1. The Hall–Kier alpha value is -2.33. The smallest absolute Gasteiger partial charge is 0.257 e. The number of hydrogen-bond acceptors (Lipinski definition) is 6. The lowest BCUT2D eigenvalue weighted by atomic mass is 9.93. The molecule has 34 heavy (non-hydrogen) atoms. The first kappa shape index (κ1) is 24.8. The number of fused-ring (bicyclic) bond motifs is 2. The van der Waals surface area contributed by atoms with Crippen LogP contribution in [0.5, 0.6) is 5.75 Å². The van der Waals surface area contributed by atoms with Gasteiger partial charge in [0.2, 0.25) is 15.9 Å². The van der Waals surface area contributed by atoms with Crippen molar-refractivity contribution in [2.24, 2.45) is 0 Å². The molecule has 2 aliphatic heterocycles. The van der Waals surface area contributed by atoms with Crippen LogP contribution >= 0.6 is 0 Å². The number of nitrogens with zero attached hydrogens (tertiary/aromatic N) is 1. The summed E-state index contributed by atoms with van der Waals surface area (Å²) in [5, 5.41) is 3.15. The predicted octanol–water partition coefficient (Wildman–Crippen LogP) is 2.67. The quantitative estimate of drug-likeness (QED) is 0.630. The lowest BCUT2D eigenvalue weighted by Gasteiger charge is -2.42. The monoisotopic (exact) mass is 493 g/mol. The Bertz CT molecular complexity index is 1010. The van der Waals surface area contributed by atoms with Crippen molar-refractivity contribution in [3.63, 3.8) is 0 Å². The van der Waals surface area contributed by atoms with Crippen LogP contribution in [0, 0.1) is 0 Å². The minimum atomic E-state index is -3.46. The molecule has 3 atom stereocenters. The van der Waals surface area contributed by atoms with Gasteiger partial charge in [-0.1, -0.05) is 19.3 Å². The van der Waals surface area contributed by atoms with Crippen LogP contribution in [-0.4, -0.2) is 68.8 Å². The number of carbonyl (C=O) groups excluding carboxylic acids is 2. The molecule has 1 saturated heterocycles. The third-order valence-electron chi connectivity index (χ3n) is 7.05. The van der Waals surface area contributed by atoms with Crippen molar-refractivity contribution in [2.75, 3.05) is 24.1 Å². The predicted molar refractivity (Wildman–Crippen MR) is 128 cm³/mol. The number of carbonyl (C=O) groups is 2. The van der Waals surface area contributed by atoms with Crippen molar-refractivity contribution in [1.82, 2.24) is 10.2 Å². The number of anilines is 1. The van der Waals surface area contributed by atoms with Crippen LogP contribution < -0.4 is 14.8 Å². The van der Waals surface area contributed by atoms with E-state index in [4.69, 9.17) is 9.47 Å². The van der Waals surface area contributed by atoms with E-state index >= 15 is 0 Å². The summed E-state index contributed by atoms with van der Waals surface area (Å²) in [7, 11) is -1.73. The fourth-order valence-electron chi connectivity index (χ4n) is 5.08. The number of nitrogens with one attached hydrogen (secondary N) is 2. The van der Waals surface area contributed by atoms with Gasteiger partial charge in [-0.05, 0) is 50.8 Å². The van der Waals surface area contributed by atoms with Crippen molar-refractivity contribution in [1.29, 1.82) is 0 Å². The zero-order valence-corrected chi connectivity index (χ0v) is 20.7. The maximum Gasteiger partial charge on any atom is 0.257 e. The minimum absolute atomic E-state index is 0.0268. The Labute approximate surface area is 201 Å². The first-order valence-electron chi connectivity index (χ1n) is 12.2. The largest absolute Gasteiger partial charge is 0.490 e. The van der Waals surface area contributed by atoms with E-state index in [0.717, 1.165) is 12.8 Å². The number of likely N-dealkylation sites (N-methyl/N-ethyl adjacent to an activating group) is 1. The van der Waals surface area contributed by atoms with E-state index in [2.05, 4.69) is 10.0 Å². The summed E-state index contributed by atoms with van der Waals surface area (Å²) in [6.07, 6.45) is 6.81. The second-order valence-corrected chi connectivity index (χ2v) is 11.5. The van der Waals surface area contributed by atoms with Crippen LogP contribution in [0.2, 0.25) is 0 Å². The van der Waals surface area contributed by atoms with Crippen molar-refractivity contribution < 1.29 is 27.5 Å². The molecule has 3 aliphatic rings. The Balaban J connectivity index is 1.42. The molecule has 1 saturated carbocycles. The number of amides is 2. The average Bonchev–Trinajstić information content (AvgIpc) is 2.82. The summed E-state index contributed by atoms with van der Waals surface area (Å²) in [5.74, 6) is 0.101. The molecule has 1 aliphatic carbocycles. The van der Waals surface area contributed by atoms with Crippen LogP contribution in [0.4, 0.5) is 5.69 Å². The molecule has 2 heterocycles. The molecule has 9 nitrogen and oxygen atoms in total. The normalized spacial score (nSPS) is 25.9. The Morgan fingerprint density at radius 1 is 1.15 bits per heavy atom. The van der Waals surface area contributed by atoms with Crippen molar-refractivity contribution >= 4 is 27.5 Å². The van der Waals surface area contributed by atoms with Crippen molar-refractivity contribution in [3.8, 4) is 5.75 Å². The average molecular weight is 494 g/mol. The molecule has 10 heteroatoms. The van der Waals surface area contributed by atoms with Gasteiger partial charge in [0.1, 0.15) is 18.5 Å². The molecule has 2 amide bonds. The summed E-state index contributed by atoms with van der Waals surface area (Å²) in [6.45, 7) is 1.80. The van der Waals surface area contributed by atoms with E-state index in [-0.39, 0.29) is 48.5 Å². The van der Waals surface area contributed by atoms with Crippen molar-refractivity contribution in [3.05, 3.63) is 23.8 Å². The van der Waals surface area contributed by atoms with E-state index < -0.39 is 10.0 Å². The van der Waals surface area contributed by atoms with Gasteiger partial charge in [0, 0.05) is 18.8 Å². The van der Waals surface area contributed by atoms with Gasteiger partial charge < -0.3 is 19.7 Å². The van der Waals surface area contributed by atoms with E-state index in [1.54, 1.807) is 31.0 Å². The Morgan fingerprint density at radius 2 is 1.91 bits per heavy atom. The summed E-state index contributed by atoms with van der Waals surface area (Å²) in [5.41, 5.74) is 0.637. The van der Waals surface area contributed by atoms with Crippen molar-refractivity contribution in [2.45, 2.75) is 82.6 Å². The highest BCUT2D eigenvalue weighted by molar-refractivity contribution is 7.92. The van der Waals surface area contributed by atoms with Crippen LogP contribution in [0.15, 0.2) is 18.2 Å². The van der Waals surface area contributed by atoms with Crippen LogP contribution in [0.25, 0.3) is 0 Å². The van der Waals surface area contributed by atoms with Gasteiger partial charge in [0.15, 0.2) is 0 Å². The maximum atomic E-state index is 13.3. The molecule has 1 aromatic rings. The third-order valence-corrected chi connectivity index (χ3v) is 8.36. The van der Waals surface area contributed by atoms with Gasteiger partial charge in [0.05, 0.1) is 29.9 Å². The van der Waals surface area contributed by atoms with Crippen LogP contribution in [0.1, 0.15) is 68.6 Å². The topological polar surface area (TPSA) is 114 Å². The third kappa shape index (κ3) is 5.83. The fourth-order valence-corrected chi connectivity index (χ4v) is 5.71. The summed E-state index contributed by atoms with van der Waals surface area (Å²) < 4.78 is 38.5. The Kier molecular flexibility index (Phi) is 7.67. The molecule has 2 fully saturated rings. The lowest BCUT2D eigenvalue weighted by molar-refractivity contribution is -0.134. The fraction of sp³-hybridized carbons (Fsp3) is 0.667. The first-order valence-corrected chi connectivity index (χ1v) is 13.9. The minimum Gasteiger partial charge on any atom is -0.490 e. The molecule has 0 bridgehead atoms. The van der Waals surface area contributed by atoms with Gasteiger partial charge >= 0.3 is 0 Å². The second kappa shape index (κ2) is 10.5. The zero-order chi connectivity index (χ0) is 24.3. The lowest BCUT2D eigenvalue weighted by Crippen LogP contribution is -2.54. The highest BCUT2D eigenvalue weighted by atomic mass is 32.2. The number of ether oxygens (including phenoxy) is 2. The van der Waals surface area contributed by atoms with Gasteiger partial charge in [-0.25, -0.2) is 8.42 Å².